The molecule has 0 N–H and O–H groups in total. The Hall–Kier alpha value is -2.19. The highest BCUT2D eigenvalue weighted by Gasteiger charge is 2.34. The highest BCUT2D eigenvalue weighted by molar-refractivity contribution is 7.89. The van der Waals surface area contributed by atoms with Crippen molar-refractivity contribution in [3.05, 3.63) is 36.7 Å². The summed E-state index contributed by atoms with van der Waals surface area (Å²) in [7, 11) is -3.68. The summed E-state index contributed by atoms with van der Waals surface area (Å²) in [6, 6.07) is 6.64. The van der Waals surface area contributed by atoms with Gasteiger partial charge in [-0.15, -0.1) is 0 Å². The van der Waals surface area contributed by atoms with Crippen molar-refractivity contribution >= 4 is 26.9 Å². The summed E-state index contributed by atoms with van der Waals surface area (Å²) in [5, 5.41) is 1.72. The number of hydrogen-bond acceptors (Lipinski definition) is 5. The number of sulfonamides is 1. The zero-order chi connectivity index (χ0) is 20.5. The maximum atomic E-state index is 13.3. The fraction of sp³-hybridized carbons (Fsp3) is 0.500. The minimum absolute atomic E-state index is 0.217. The van der Waals surface area contributed by atoms with Gasteiger partial charge in [0.1, 0.15) is 5.60 Å². The van der Waals surface area contributed by atoms with E-state index in [1.807, 2.05) is 27.7 Å². The number of benzene rings is 1. The Morgan fingerprint density at radius 2 is 1.89 bits per heavy atom. The summed E-state index contributed by atoms with van der Waals surface area (Å²) >= 11 is 0. The van der Waals surface area contributed by atoms with Gasteiger partial charge in [-0.2, -0.15) is 4.31 Å². The summed E-state index contributed by atoms with van der Waals surface area (Å²) in [5.74, 6) is 0. The Bertz CT molecular complexity index is 969. The summed E-state index contributed by atoms with van der Waals surface area (Å²) in [6.45, 7) is 8.33. The van der Waals surface area contributed by atoms with Gasteiger partial charge in [0.2, 0.25) is 10.0 Å². The minimum atomic E-state index is -3.68. The summed E-state index contributed by atoms with van der Waals surface area (Å²) in [5.41, 5.74) is -0.583. The Morgan fingerprint density at radius 3 is 2.61 bits per heavy atom. The quantitative estimate of drug-likeness (QED) is 0.766. The van der Waals surface area contributed by atoms with Crippen LogP contribution in [0.1, 0.15) is 34.1 Å². The van der Waals surface area contributed by atoms with E-state index < -0.39 is 21.7 Å². The maximum absolute atomic E-state index is 13.3. The topological polar surface area (TPSA) is 79.8 Å². The molecule has 2 heterocycles. The Labute approximate surface area is 166 Å². The van der Waals surface area contributed by atoms with Gasteiger partial charge in [0.15, 0.2) is 0 Å². The van der Waals surface area contributed by atoms with Gasteiger partial charge >= 0.3 is 6.09 Å². The van der Waals surface area contributed by atoms with E-state index in [4.69, 9.17) is 4.74 Å². The Balaban J connectivity index is 1.82. The second kappa shape index (κ2) is 7.67. The first kappa shape index (κ1) is 20.5. The van der Waals surface area contributed by atoms with Gasteiger partial charge < -0.3 is 9.64 Å². The molecule has 1 aromatic heterocycles. The average molecular weight is 406 g/mol. The molecule has 0 unspecified atom stereocenters. The first-order valence-electron chi connectivity index (χ1n) is 9.41. The zero-order valence-corrected chi connectivity index (χ0v) is 17.6. The van der Waals surface area contributed by atoms with Crippen molar-refractivity contribution in [3.8, 4) is 0 Å². The number of fused-ring (bicyclic) bond motifs is 1. The summed E-state index contributed by atoms with van der Waals surface area (Å²) in [6.07, 6.45) is 3.50. The lowest BCUT2D eigenvalue weighted by Gasteiger charge is -2.27. The van der Waals surface area contributed by atoms with Crippen molar-refractivity contribution in [2.45, 2.75) is 50.7 Å². The molecule has 0 aliphatic carbocycles. The van der Waals surface area contributed by atoms with Gasteiger partial charge in [-0.05, 0) is 57.7 Å². The molecule has 2 aromatic rings. The van der Waals surface area contributed by atoms with E-state index in [0.29, 0.717) is 19.5 Å². The number of carbonyl (C=O) groups is 1. The van der Waals surface area contributed by atoms with Crippen LogP contribution in [-0.4, -0.2) is 60.0 Å². The molecule has 1 atom stereocenters. The molecule has 152 valence electrons. The molecule has 3 rings (SSSR count). The van der Waals surface area contributed by atoms with Crippen molar-refractivity contribution in [3.63, 3.8) is 0 Å². The van der Waals surface area contributed by atoms with E-state index in [9.17, 15) is 13.2 Å². The van der Waals surface area contributed by atoms with Crippen LogP contribution in [0.2, 0.25) is 0 Å². The van der Waals surface area contributed by atoms with Crippen LogP contribution in [0.15, 0.2) is 41.6 Å². The molecule has 1 aliphatic heterocycles. The van der Waals surface area contributed by atoms with Crippen molar-refractivity contribution in [1.82, 2.24) is 14.2 Å². The van der Waals surface area contributed by atoms with Gasteiger partial charge in [-0.1, -0.05) is 6.07 Å². The highest BCUT2D eigenvalue weighted by atomic mass is 32.2. The van der Waals surface area contributed by atoms with Gasteiger partial charge in [0, 0.05) is 43.5 Å². The van der Waals surface area contributed by atoms with Crippen LogP contribution in [-0.2, 0) is 14.8 Å². The molecule has 1 fully saturated rings. The molecule has 7 nitrogen and oxygen atoms in total. The lowest BCUT2D eigenvalue weighted by molar-refractivity contribution is 0.0260. The van der Waals surface area contributed by atoms with Gasteiger partial charge in [0.25, 0.3) is 0 Å². The van der Waals surface area contributed by atoms with Crippen LogP contribution in [0, 0.1) is 0 Å². The number of nitrogens with zero attached hydrogens (tertiary/aromatic N) is 3. The molecule has 0 bridgehead atoms. The van der Waals surface area contributed by atoms with Crippen LogP contribution in [0.3, 0.4) is 0 Å². The zero-order valence-electron chi connectivity index (χ0n) is 16.8. The van der Waals surface area contributed by atoms with E-state index in [-0.39, 0.29) is 17.5 Å². The molecule has 28 heavy (non-hydrogen) atoms. The van der Waals surface area contributed by atoms with Crippen molar-refractivity contribution in [1.29, 1.82) is 0 Å². The van der Waals surface area contributed by atoms with Crippen molar-refractivity contribution < 1.29 is 17.9 Å². The molecule has 1 aliphatic rings. The Kier molecular flexibility index (Phi) is 5.63. The van der Waals surface area contributed by atoms with E-state index in [2.05, 4.69) is 4.98 Å². The normalized spacial score (nSPS) is 19.4. The molecule has 1 saturated heterocycles. The number of ether oxygens (including phenoxy) is 1. The maximum Gasteiger partial charge on any atom is 0.410 e. The molecule has 0 spiro atoms. The highest BCUT2D eigenvalue weighted by Crippen LogP contribution is 2.25. The molecule has 1 amide bonds. The molecule has 1 aromatic carbocycles. The van der Waals surface area contributed by atoms with E-state index in [1.165, 1.54) is 4.31 Å². The first-order chi connectivity index (χ1) is 13.1. The second-order valence-electron chi connectivity index (χ2n) is 8.11. The summed E-state index contributed by atoms with van der Waals surface area (Å²) in [4.78, 5) is 18.3. The fourth-order valence-corrected chi connectivity index (χ4v) is 4.95. The summed E-state index contributed by atoms with van der Waals surface area (Å²) < 4.78 is 33.5. The molecular formula is C20H27N3O4S. The first-order valence-corrected chi connectivity index (χ1v) is 10.9. The third-order valence-electron chi connectivity index (χ3n) is 4.77. The van der Waals surface area contributed by atoms with E-state index >= 15 is 0 Å². The molecule has 8 heteroatoms. The van der Waals surface area contributed by atoms with E-state index in [0.717, 1.165) is 10.8 Å². The lowest BCUT2D eigenvalue weighted by atomic mass is 10.2. The average Bonchev–Trinajstić information content (AvgIpc) is 2.82. The van der Waals surface area contributed by atoms with Gasteiger partial charge in [0.05, 0.1) is 4.90 Å². The minimum Gasteiger partial charge on any atom is -0.444 e. The van der Waals surface area contributed by atoms with Gasteiger partial charge in [-0.25, -0.2) is 13.2 Å². The standard InChI is InChI=1S/C20H27N3O4S/c1-15-8-10-22(19(24)27-20(2,3)4)11-12-23(15)28(25,26)18-6-5-17-14-21-9-7-16(17)13-18/h5-7,9,13-15H,8,10-12H2,1-4H3/t15-/m1/s1. The molecular weight excluding hydrogens is 378 g/mol. The third kappa shape index (κ3) is 4.44. The van der Waals surface area contributed by atoms with Crippen LogP contribution >= 0.6 is 0 Å². The van der Waals surface area contributed by atoms with Crippen LogP contribution in [0.5, 0.6) is 0 Å². The fourth-order valence-electron chi connectivity index (χ4n) is 3.26. The molecule has 0 radical (unpaired) electrons. The van der Waals surface area contributed by atoms with Gasteiger partial charge in [-0.3, -0.25) is 4.98 Å². The SMILES string of the molecule is C[C@@H]1CCN(C(=O)OC(C)(C)C)CCN1S(=O)(=O)c1ccc2cnccc2c1. The van der Waals surface area contributed by atoms with E-state index in [1.54, 1.807) is 41.6 Å². The third-order valence-corrected chi connectivity index (χ3v) is 6.78. The monoisotopic (exact) mass is 405 g/mol. The van der Waals surface area contributed by atoms with Crippen LogP contribution in [0.25, 0.3) is 10.8 Å². The number of aromatic nitrogens is 1. The number of amides is 1. The Morgan fingerprint density at radius 1 is 1.14 bits per heavy atom. The second-order valence-corrected chi connectivity index (χ2v) is 10.00. The van der Waals surface area contributed by atoms with Crippen LogP contribution < -0.4 is 0 Å². The smallest absolute Gasteiger partial charge is 0.410 e. The largest absolute Gasteiger partial charge is 0.444 e. The number of hydrogen-bond donors (Lipinski definition) is 0. The predicted molar refractivity (Wildman–Crippen MR) is 108 cm³/mol. The van der Waals surface area contributed by atoms with Crippen LogP contribution in [0.4, 0.5) is 4.79 Å². The van der Waals surface area contributed by atoms with Crippen molar-refractivity contribution in [2.24, 2.45) is 0 Å². The number of rotatable bonds is 2. The van der Waals surface area contributed by atoms with Crippen molar-refractivity contribution in [2.75, 3.05) is 19.6 Å². The number of carbonyl (C=O) groups excluding carboxylic acids is 1. The number of pyridine rings is 1. The lowest BCUT2D eigenvalue weighted by Crippen LogP contribution is -2.41. The predicted octanol–water partition coefficient (Wildman–Crippen LogP) is 3.25. The molecule has 0 saturated carbocycles.